The highest BCUT2D eigenvalue weighted by Crippen LogP contribution is 2.31. The summed E-state index contributed by atoms with van der Waals surface area (Å²) in [6.45, 7) is 5.27. The van der Waals surface area contributed by atoms with E-state index >= 15 is 0 Å². The summed E-state index contributed by atoms with van der Waals surface area (Å²) in [5.74, 6) is 0. The fourth-order valence-electron chi connectivity index (χ4n) is 1.24. The number of halogens is 2. The van der Waals surface area contributed by atoms with Gasteiger partial charge in [0.2, 0.25) is 10.0 Å². The summed E-state index contributed by atoms with van der Waals surface area (Å²) in [6.07, 6.45) is 0. The maximum atomic E-state index is 12.1. The van der Waals surface area contributed by atoms with Gasteiger partial charge in [0.1, 0.15) is 0 Å². The van der Waals surface area contributed by atoms with Crippen molar-refractivity contribution in [2.75, 3.05) is 5.73 Å². The number of hydrogen-bond acceptors (Lipinski definition) is 3. The van der Waals surface area contributed by atoms with Gasteiger partial charge in [-0.05, 0) is 48.8 Å². The Kier molecular flexibility index (Phi) is 4.13. The van der Waals surface area contributed by atoms with Crippen molar-refractivity contribution in [3.8, 4) is 0 Å². The molecule has 0 aliphatic rings. The number of nitrogens with two attached hydrogens (primary N) is 1. The van der Waals surface area contributed by atoms with Gasteiger partial charge < -0.3 is 5.73 Å². The van der Waals surface area contributed by atoms with Gasteiger partial charge in [0.15, 0.2) is 0 Å². The minimum atomic E-state index is -3.65. The molecule has 0 saturated heterocycles. The molecule has 0 radical (unpaired) electrons. The first-order chi connectivity index (χ1) is 7.53. The number of anilines is 1. The van der Waals surface area contributed by atoms with Crippen molar-refractivity contribution in [1.82, 2.24) is 4.72 Å². The van der Waals surface area contributed by atoms with Crippen molar-refractivity contribution < 1.29 is 8.42 Å². The first kappa shape index (κ1) is 14.8. The quantitative estimate of drug-likeness (QED) is 0.812. The van der Waals surface area contributed by atoms with Crippen LogP contribution in [0.2, 0.25) is 5.02 Å². The fourth-order valence-corrected chi connectivity index (χ4v) is 3.95. The van der Waals surface area contributed by atoms with Crippen LogP contribution in [0.25, 0.3) is 0 Å². The summed E-state index contributed by atoms with van der Waals surface area (Å²) in [5, 5.41) is 0.278. The maximum Gasteiger partial charge on any atom is 0.242 e. The van der Waals surface area contributed by atoms with Crippen molar-refractivity contribution in [2.24, 2.45) is 0 Å². The number of benzene rings is 1. The predicted molar refractivity (Wildman–Crippen MR) is 73.6 cm³/mol. The van der Waals surface area contributed by atoms with Gasteiger partial charge in [-0.15, -0.1) is 0 Å². The van der Waals surface area contributed by atoms with Crippen LogP contribution in [0.5, 0.6) is 0 Å². The molecule has 3 N–H and O–H groups in total. The van der Waals surface area contributed by atoms with Crippen LogP contribution in [0.3, 0.4) is 0 Å². The molecule has 0 spiro atoms. The van der Waals surface area contributed by atoms with Crippen molar-refractivity contribution in [3.63, 3.8) is 0 Å². The van der Waals surface area contributed by atoms with Gasteiger partial charge >= 0.3 is 0 Å². The van der Waals surface area contributed by atoms with Gasteiger partial charge in [-0.25, -0.2) is 13.1 Å². The molecule has 1 aromatic rings. The Balaban J connectivity index is 3.34. The lowest BCUT2D eigenvalue weighted by Gasteiger charge is -2.21. The van der Waals surface area contributed by atoms with Crippen LogP contribution >= 0.6 is 27.5 Å². The average molecular weight is 342 g/mol. The smallest absolute Gasteiger partial charge is 0.242 e. The number of nitrogen functional groups attached to an aromatic ring is 1. The molecule has 0 fully saturated rings. The second kappa shape index (κ2) is 4.76. The molecule has 0 unspecified atom stereocenters. The van der Waals surface area contributed by atoms with E-state index in [1.54, 1.807) is 20.8 Å². The maximum absolute atomic E-state index is 12.1. The van der Waals surface area contributed by atoms with Gasteiger partial charge in [-0.3, -0.25) is 0 Å². The first-order valence-corrected chi connectivity index (χ1v) is 7.47. The van der Waals surface area contributed by atoms with E-state index in [-0.39, 0.29) is 15.6 Å². The molecule has 7 heteroatoms. The summed E-state index contributed by atoms with van der Waals surface area (Å²) in [6, 6.07) is 2.85. The molecule has 1 rings (SSSR count). The summed E-state index contributed by atoms with van der Waals surface area (Å²) >= 11 is 8.96. The van der Waals surface area contributed by atoms with Crippen molar-refractivity contribution in [2.45, 2.75) is 31.2 Å². The standard InChI is InChI=1S/C10H14BrClN2O2S/c1-10(2,3)14-17(15,16)8-5-6(12)4-7(13)9(8)11/h4-5,14H,13H2,1-3H3. The molecule has 0 atom stereocenters. The highest BCUT2D eigenvalue weighted by atomic mass is 79.9. The molecule has 0 aromatic heterocycles. The molecular formula is C10H14BrClN2O2S. The van der Waals surface area contributed by atoms with E-state index in [9.17, 15) is 8.42 Å². The Morgan fingerprint density at radius 1 is 1.35 bits per heavy atom. The lowest BCUT2D eigenvalue weighted by atomic mass is 10.1. The summed E-state index contributed by atoms with van der Waals surface area (Å²) in [7, 11) is -3.65. The second-order valence-electron chi connectivity index (χ2n) is 4.66. The third kappa shape index (κ3) is 3.84. The van der Waals surface area contributed by atoms with E-state index in [2.05, 4.69) is 20.7 Å². The van der Waals surface area contributed by atoms with Gasteiger partial charge in [-0.2, -0.15) is 0 Å². The number of rotatable bonds is 2. The van der Waals surface area contributed by atoms with Crippen LogP contribution < -0.4 is 10.5 Å². The van der Waals surface area contributed by atoms with Gasteiger partial charge in [0.05, 0.1) is 9.37 Å². The monoisotopic (exact) mass is 340 g/mol. The third-order valence-electron chi connectivity index (χ3n) is 1.76. The van der Waals surface area contributed by atoms with Crippen LogP contribution in [0, 0.1) is 0 Å². The molecule has 0 bridgehead atoms. The Morgan fingerprint density at radius 3 is 2.35 bits per heavy atom. The number of sulfonamides is 1. The van der Waals surface area contributed by atoms with E-state index in [1.165, 1.54) is 12.1 Å². The summed E-state index contributed by atoms with van der Waals surface area (Å²) < 4.78 is 27.1. The average Bonchev–Trinajstić information content (AvgIpc) is 2.06. The van der Waals surface area contributed by atoms with Crippen LogP contribution in [-0.4, -0.2) is 14.0 Å². The zero-order valence-corrected chi connectivity index (χ0v) is 12.9. The Morgan fingerprint density at radius 2 is 1.88 bits per heavy atom. The van der Waals surface area contributed by atoms with E-state index in [4.69, 9.17) is 17.3 Å². The molecule has 0 aliphatic carbocycles. The highest BCUT2D eigenvalue weighted by Gasteiger charge is 2.25. The number of nitrogens with one attached hydrogen (secondary N) is 1. The van der Waals surface area contributed by atoms with Crippen molar-refractivity contribution in [1.29, 1.82) is 0 Å². The van der Waals surface area contributed by atoms with Crippen LogP contribution in [-0.2, 0) is 10.0 Å². The third-order valence-corrected chi connectivity index (χ3v) is 4.91. The molecule has 0 aliphatic heterocycles. The van der Waals surface area contributed by atoms with Crippen LogP contribution in [0.4, 0.5) is 5.69 Å². The molecule has 0 heterocycles. The van der Waals surface area contributed by atoms with Crippen LogP contribution in [0.15, 0.2) is 21.5 Å². The topological polar surface area (TPSA) is 72.2 Å². The predicted octanol–water partition coefficient (Wildman–Crippen LogP) is 2.76. The normalized spacial score (nSPS) is 12.8. The first-order valence-electron chi connectivity index (χ1n) is 4.81. The molecular weight excluding hydrogens is 328 g/mol. The van der Waals surface area contributed by atoms with Crippen LogP contribution in [0.1, 0.15) is 20.8 Å². The van der Waals surface area contributed by atoms with Gasteiger partial charge in [0, 0.05) is 16.2 Å². The lowest BCUT2D eigenvalue weighted by molar-refractivity contribution is 0.491. The van der Waals surface area contributed by atoms with E-state index in [0.29, 0.717) is 4.47 Å². The SMILES string of the molecule is CC(C)(C)NS(=O)(=O)c1cc(Cl)cc(N)c1Br. The zero-order valence-electron chi connectivity index (χ0n) is 9.71. The molecule has 4 nitrogen and oxygen atoms in total. The second-order valence-corrected chi connectivity index (χ2v) is 7.54. The van der Waals surface area contributed by atoms with Crippen molar-refractivity contribution in [3.05, 3.63) is 21.6 Å². The Bertz CT molecular complexity index is 538. The van der Waals surface area contributed by atoms with E-state index < -0.39 is 15.6 Å². The summed E-state index contributed by atoms with van der Waals surface area (Å²) in [5.41, 5.74) is 5.37. The minimum absolute atomic E-state index is 0.0393. The lowest BCUT2D eigenvalue weighted by Crippen LogP contribution is -2.40. The zero-order chi connectivity index (χ0) is 13.4. The summed E-state index contributed by atoms with van der Waals surface area (Å²) in [4.78, 5) is 0.0393. The molecule has 0 amide bonds. The highest BCUT2D eigenvalue weighted by molar-refractivity contribution is 9.10. The van der Waals surface area contributed by atoms with E-state index in [0.717, 1.165) is 0 Å². The van der Waals surface area contributed by atoms with Gasteiger partial charge in [0.25, 0.3) is 0 Å². The van der Waals surface area contributed by atoms with E-state index in [1.807, 2.05) is 0 Å². The van der Waals surface area contributed by atoms with Crippen molar-refractivity contribution >= 4 is 43.2 Å². The number of hydrogen-bond donors (Lipinski definition) is 2. The Labute approximate surface area is 115 Å². The molecule has 0 saturated carbocycles. The fraction of sp³-hybridized carbons (Fsp3) is 0.400. The molecule has 17 heavy (non-hydrogen) atoms. The molecule has 1 aromatic carbocycles. The minimum Gasteiger partial charge on any atom is -0.398 e. The van der Waals surface area contributed by atoms with Gasteiger partial charge in [-0.1, -0.05) is 11.6 Å². The molecule has 96 valence electrons. The largest absolute Gasteiger partial charge is 0.398 e. The Hall–Kier alpha value is -0.300.